The number of hydrogen-bond acceptors (Lipinski definition) is 6. The van der Waals surface area contributed by atoms with Crippen LogP contribution in [0.2, 0.25) is 0 Å². The second-order valence-electron chi connectivity index (χ2n) is 8.02. The number of H-pyrrole nitrogens is 1. The van der Waals surface area contributed by atoms with Gasteiger partial charge in [0, 0.05) is 30.8 Å². The zero-order valence-corrected chi connectivity index (χ0v) is 18.8. The number of aromatic amines is 1. The first-order valence-electron chi connectivity index (χ1n) is 11.5. The van der Waals surface area contributed by atoms with Gasteiger partial charge in [0.15, 0.2) is 5.82 Å². The van der Waals surface area contributed by atoms with Crippen molar-refractivity contribution in [3.63, 3.8) is 0 Å². The molecular weight excluding hydrogens is 400 g/mol. The lowest BCUT2D eigenvalue weighted by Crippen LogP contribution is -2.07. The van der Waals surface area contributed by atoms with Crippen molar-refractivity contribution in [2.75, 3.05) is 0 Å². The van der Waals surface area contributed by atoms with Gasteiger partial charge in [-0.25, -0.2) is 9.67 Å². The van der Waals surface area contributed by atoms with Gasteiger partial charge in [0.25, 0.3) is 0 Å². The van der Waals surface area contributed by atoms with Crippen LogP contribution < -0.4 is 0 Å². The molecule has 0 unspecified atom stereocenters. The predicted molar refractivity (Wildman–Crippen MR) is 124 cm³/mol. The molecule has 1 aromatic carbocycles. The maximum Gasteiger partial charge on any atom is 0.206 e. The van der Waals surface area contributed by atoms with Crippen LogP contribution >= 0.6 is 0 Å². The highest BCUT2D eigenvalue weighted by Crippen LogP contribution is 2.29. The zero-order chi connectivity index (χ0) is 22.2. The van der Waals surface area contributed by atoms with Crippen LogP contribution in [0.15, 0.2) is 42.7 Å². The minimum Gasteiger partial charge on any atom is -0.264 e. The van der Waals surface area contributed by atoms with E-state index in [1.807, 2.05) is 6.07 Å². The average molecular weight is 431 g/mol. The topological polar surface area (TPSA) is 98.1 Å². The van der Waals surface area contributed by atoms with Gasteiger partial charge in [0.05, 0.1) is 6.54 Å². The van der Waals surface area contributed by atoms with Crippen LogP contribution in [-0.4, -0.2) is 40.4 Å². The number of pyridine rings is 1. The molecule has 32 heavy (non-hydrogen) atoms. The summed E-state index contributed by atoms with van der Waals surface area (Å²) in [5.41, 5.74) is 4.16. The van der Waals surface area contributed by atoms with Crippen molar-refractivity contribution in [2.45, 2.75) is 65.3 Å². The molecule has 0 radical (unpaired) electrons. The number of nitrogens with one attached hydrogen (secondary N) is 1. The number of benzene rings is 1. The van der Waals surface area contributed by atoms with Gasteiger partial charge >= 0.3 is 0 Å². The smallest absolute Gasteiger partial charge is 0.206 e. The summed E-state index contributed by atoms with van der Waals surface area (Å²) >= 11 is 0. The Morgan fingerprint density at radius 2 is 1.75 bits per heavy atom. The second kappa shape index (κ2) is 10.7. The molecule has 0 saturated carbocycles. The van der Waals surface area contributed by atoms with E-state index in [0.717, 1.165) is 67.0 Å². The minimum absolute atomic E-state index is 0.538. The van der Waals surface area contributed by atoms with Crippen molar-refractivity contribution >= 4 is 0 Å². The lowest BCUT2D eigenvalue weighted by Gasteiger charge is -2.09. The Morgan fingerprint density at radius 1 is 0.906 bits per heavy atom. The van der Waals surface area contributed by atoms with Gasteiger partial charge in [-0.1, -0.05) is 57.4 Å². The van der Waals surface area contributed by atoms with Crippen molar-refractivity contribution < 1.29 is 0 Å². The Kier molecular flexibility index (Phi) is 7.32. The fourth-order valence-electron chi connectivity index (χ4n) is 3.77. The summed E-state index contributed by atoms with van der Waals surface area (Å²) in [7, 11) is 0. The number of nitrogens with zero attached hydrogens (tertiary/aromatic N) is 7. The van der Waals surface area contributed by atoms with Crippen LogP contribution in [-0.2, 0) is 19.4 Å². The molecular formula is C24H30N8. The van der Waals surface area contributed by atoms with Crippen LogP contribution in [0.25, 0.3) is 22.5 Å². The number of unbranched alkanes of at least 4 members (excludes halogenated alkanes) is 3. The van der Waals surface area contributed by atoms with E-state index >= 15 is 0 Å². The molecule has 1 N–H and O–H groups in total. The van der Waals surface area contributed by atoms with Gasteiger partial charge in [-0.15, -0.1) is 10.2 Å². The Morgan fingerprint density at radius 3 is 2.50 bits per heavy atom. The highest BCUT2D eigenvalue weighted by Gasteiger charge is 2.13. The number of hydrogen-bond donors (Lipinski definition) is 1. The Bertz CT molecular complexity index is 1100. The summed E-state index contributed by atoms with van der Waals surface area (Å²) in [6, 6.07) is 10.5. The van der Waals surface area contributed by atoms with Gasteiger partial charge in [-0.05, 0) is 40.8 Å². The summed E-state index contributed by atoms with van der Waals surface area (Å²) in [5.74, 6) is 2.61. The summed E-state index contributed by atoms with van der Waals surface area (Å²) in [6.45, 7) is 5.16. The van der Waals surface area contributed by atoms with E-state index in [0.29, 0.717) is 5.82 Å². The van der Waals surface area contributed by atoms with Crippen molar-refractivity contribution in [3.05, 3.63) is 59.9 Å². The Balaban J connectivity index is 1.53. The number of rotatable bonds is 11. The lowest BCUT2D eigenvalue weighted by molar-refractivity contribution is 0.610. The van der Waals surface area contributed by atoms with Crippen LogP contribution in [0.5, 0.6) is 0 Å². The van der Waals surface area contributed by atoms with Gasteiger partial charge in [-0.2, -0.15) is 10.3 Å². The fraction of sp³-hybridized carbons (Fsp3) is 0.417. The lowest BCUT2D eigenvalue weighted by atomic mass is 10.00. The third kappa shape index (κ3) is 5.25. The third-order valence-electron chi connectivity index (χ3n) is 5.55. The molecule has 0 bridgehead atoms. The molecule has 0 fully saturated rings. The Labute approximate surface area is 188 Å². The first-order chi connectivity index (χ1) is 15.8. The molecule has 0 atom stereocenters. The first kappa shape index (κ1) is 21.8. The quantitative estimate of drug-likeness (QED) is 0.348. The van der Waals surface area contributed by atoms with Crippen molar-refractivity contribution in [1.82, 2.24) is 40.4 Å². The zero-order valence-electron chi connectivity index (χ0n) is 18.8. The molecule has 4 aromatic rings. The minimum atomic E-state index is 0.538. The summed E-state index contributed by atoms with van der Waals surface area (Å²) in [6.07, 6.45) is 11.3. The maximum absolute atomic E-state index is 4.84. The van der Waals surface area contributed by atoms with Crippen LogP contribution in [0.4, 0.5) is 0 Å². The van der Waals surface area contributed by atoms with Crippen molar-refractivity contribution in [2.24, 2.45) is 0 Å². The standard InChI is InChI=1S/C24H30N8/c1-3-5-7-8-22-26-23(9-6-4-2)32(29-22)17-18-10-12-19(13-11-18)20-14-15-25-16-21(20)24-27-30-31-28-24/h10-16H,3-9,17H2,1-2H3,(H,27,28,30,31). The maximum atomic E-state index is 4.84. The van der Waals surface area contributed by atoms with E-state index in [4.69, 9.17) is 10.1 Å². The number of tetrazole rings is 1. The molecule has 0 amide bonds. The van der Waals surface area contributed by atoms with Gasteiger partial charge in [-0.3, -0.25) is 4.98 Å². The SMILES string of the molecule is CCCCCc1nc(CCCC)n(Cc2ccc(-c3ccncc3-c3nn[nH]n3)cc2)n1. The molecule has 3 heterocycles. The predicted octanol–water partition coefficient (Wildman–Crippen LogP) is 4.64. The van der Waals surface area contributed by atoms with Gasteiger partial charge < -0.3 is 0 Å². The molecule has 0 saturated heterocycles. The highest BCUT2D eigenvalue weighted by atomic mass is 15.5. The van der Waals surface area contributed by atoms with Crippen LogP contribution in [0, 0.1) is 0 Å². The molecule has 0 spiro atoms. The molecule has 4 rings (SSSR count). The monoisotopic (exact) mass is 430 g/mol. The number of aromatic nitrogens is 8. The van der Waals surface area contributed by atoms with E-state index in [-0.39, 0.29) is 0 Å². The van der Waals surface area contributed by atoms with Gasteiger partial charge in [0.2, 0.25) is 5.82 Å². The first-order valence-corrected chi connectivity index (χ1v) is 11.5. The Hall–Kier alpha value is -3.42. The van der Waals surface area contributed by atoms with Crippen LogP contribution in [0.3, 0.4) is 0 Å². The van der Waals surface area contributed by atoms with Crippen molar-refractivity contribution in [3.8, 4) is 22.5 Å². The normalized spacial score (nSPS) is 11.2. The molecule has 0 aliphatic heterocycles. The largest absolute Gasteiger partial charge is 0.264 e. The molecule has 8 heteroatoms. The molecule has 0 aliphatic rings. The van der Waals surface area contributed by atoms with Gasteiger partial charge in [0.1, 0.15) is 5.82 Å². The van der Waals surface area contributed by atoms with Crippen LogP contribution in [0.1, 0.15) is 63.2 Å². The molecule has 0 aliphatic carbocycles. The number of aryl methyl sites for hydroxylation is 2. The second-order valence-corrected chi connectivity index (χ2v) is 8.02. The molecule has 8 nitrogen and oxygen atoms in total. The molecule has 166 valence electrons. The van der Waals surface area contributed by atoms with E-state index in [9.17, 15) is 0 Å². The van der Waals surface area contributed by atoms with E-state index in [2.05, 4.69) is 68.4 Å². The molecule has 3 aromatic heterocycles. The van der Waals surface area contributed by atoms with E-state index in [1.165, 1.54) is 18.4 Å². The summed E-state index contributed by atoms with van der Waals surface area (Å²) in [5, 5.41) is 19.2. The van der Waals surface area contributed by atoms with Crippen molar-refractivity contribution in [1.29, 1.82) is 0 Å². The highest BCUT2D eigenvalue weighted by molar-refractivity contribution is 5.79. The van der Waals surface area contributed by atoms with E-state index < -0.39 is 0 Å². The third-order valence-corrected chi connectivity index (χ3v) is 5.55. The summed E-state index contributed by atoms with van der Waals surface area (Å²) < 4.78 is 2.09. The van der Waals surface area contributed by atoms with E-state index in [1.54, 1.807) is 12.4 Å². The summed E-state index contributed by atoms with van der Waals surface area (Å²) in [4.78, 5) is 9.07. The average Bonchev–Trinajstić information content (AvgIpc) is 3.49. The fourth-order valence-corrected chi connectivity index (χ4v) is 3.77.